The van der Waals surface area contributed by atoms with Gasteiger partial charge in [0.2, 0.25) is 0 Å². The number of benzene rings is 1. The number of carbonyl (C=O) groups excluding carboxylic acids is 1. The van der Waals surface area contributed by atoms with Gasteiger partial charge in [-0.15, -0.1) is 0 Å². The lowest BCUT2D eigenvalue weighted by Gasteiger charge is -2.08. The normalized spacial score (nSPS) is 20.9. The van der Waals surface area contributed by atoms with Gasteiger partial charge in [0.1, 0.15) is 11.9 Å². The van der Waals surface area contributed by atoms with E-state index in [0.29, 0.717) is 18.1 Å². The van der Waals surface area contributed by atoms with Crippen LogP contribution >= 0.6 is 11.6 Å². The summed E-state index contributed by atoms with van der Waals surface area (Å²) in [6.45, 7) is 2.64. The standard InChI is InChI=1S/C12H13ClFN3O/c1-2-5-15-12-16-10(11(18)17-12)7-3-4-9(14)8(13)6-7/h3-4,6,10H,2,5H2,1H3,(H2,15,16,17,18). The van der Waals surface area contributed by atoms with E-state index in [4.69, 9.17) is 11.6 Å². The highest BCUT2D eigenvalue weighted by Crippen LogP contribution is 2.22. The molecule has 18 heavy (non-hydrogen) atoms. The Morgan fingerprint density at radius 3 is 2.94 bits per heavy atom. The molecule has 0 aliphatic carbocycles. The van der Waals surface area contributed by atoms with Crippen LogP contribution in [-0.2, 0) is 4.79 Å². The van der Waals surface area contributed by atoms with Crippen molar-refractivity contribution in [3.63, 3.8) is 0 Å². The summed E-state index contributed by atoms with van der Waals surface area (Å²) < 4.78 is 13.0. The molecular formula is C12H13ClFN3O. The Morgan fingerprint density at radius 2 is 2.28 bits per heavy atom. The average Bonchev–Trinajstić information content (AvgIpc) is 2.71. The summed E-state index contributed by atoms with van der Waals surface area (Å²) in [6.07, 6.45) is 0.897. The first-order chi connectivity index (χ1) is 8.61. The molecular weight excluding hydrogens is 257 g/mol. The smallest absolute Gasteiger partial charge is 0.253 e. The zero-order chi connectivity index (χ0) is 13.1. The molecule has 0 radical (unpaired) electrons. The number of aliphatic imine (C=N–C) groups is 1. The molecule has 1 atom stereocenters. The molecule has 1 aliphatic rings. The summed E-state index contributed by atoms with van der Waals surface area (Å²) in [5.41, 5.74) is 0.612. The van der Waals surface area contributed by atoms with E-state index in [1.54, 1.807) is 0 Å². The fraction of sp³-hybridized carbons (Fsp3) is 0.333. The predicted molar refractivity (Wildman–Crippen MR) is 68.0 cm³/mol. The second kappa shape index (κ2) is 5.35. The van der Waals surface area contributed by atoms with Gasteiger partial charge >= 0.3 is 0 Å². The summed E-state index contributed by atoms with van der Waals surface area (Å²) in [4.78, 5) is 15.9. The number of carbonyl (C=O) groups is 1. The molecule has 6 heteroatoms. The molecule has 96 valence electrons. The van der Waals surface area contributed by atoms with Crippen LogP contribution in [0, 0.1) is 5.82 Å². The van der Waals surface area contributed by atoms with Crippen LogP contribution in [0.5, 0.6) is 0 Å². The summed E-state index contributed by atoms with van der Waals surface area (Å²) in [5, 5.41) is 5.58. The number of rotatable bonds is 3. The minimum atomic E-state index is -0.571. The molecule has 0 saturated carbocycles. The Bertz CT molecular complexity index is 504. The van der Waals surface area contributed by atoms with Crippen LogP contribution in [0.15, 0.2) is 23.2 Å². The van der Waals surface area contributed by atoms with Crippen molar-refractivity contribution >= 4 is 23.5 Å². The highest BCUT2D eigenvalue weighted by atomic mass is 35.5. The van der Waals surface area contributed by atoms with Gasteiger partial charge < -0.3 is 5.32 Å². The number of halogens is 2. The zero-order valence-electron chi connectivity index (χ0n) is 9.84. The van der Waals surface area contributed by atoms with Gasteiger partial charge in [-0.1, -0.05) is 24.6 Å². The van der Waals surface area contributed by atoms with Gasteiger partial charge in [-0.25, -0.2) is 4.39 Å². The predicted octanol–water partition coefficient (Wildman–Crippen LogP) is 2.01. The van der Waals surface area contributed by atoms with E-state index in [-0.39, 0.29) is 10.9 Å². The van der Waals surface area contributed by atoms with Crippen molar-refractivity contribution in [2.45, 2.75) is 19.4 Å². The van der Waals surface area contributed by atoms with Gasteiger partial charge in [0.05, 0.1) is 5.02 Å². The quantitative estimate of drug-likeness (QED) is 0.882. The first kappa shape index (κ1) is 12.8. The van der Waals surface area contributed by atoms with Crippen molar-refractivity contribution in [1.29, 1.82) is 0 Å². The van der Waals surface area contributed by atoms with Gasteiger partial charge in [0, 0.05) is 6.54 Å². The van der Waals surface area contributed by atoms with E-state index in [0.717, 1.165) is 6.42 Å². The van der Waals surface area contributed by atoms with E-state index in [1.807, 2.05) is 6.92 Å². The minimum absolute atomic E-state index is 0.000969. The van der Waals surface area contributed by atoms with Gasteiger partial charge in [-0.2, -0.15) is 0 Å². The topological polar surface area (TPSA) is 53.5 Å². The SMILES string of the molecule is CCCN=C1NC(=O)C(c2ccc(F)c(Cl)c2)N1. The first-order valence-electron chi connectivity index (χ1n) is 5.68. The fourth-order valence-corrected chi connectivity index (χ4v) is 1.85. The molecule has 1 aliphatic heterocycles. The summed E-state index contributed by atoms with van der Waals surface area (Å²) in [5.74, 6) is -0.265. The van der Waals surface area contributed by atoms with Gasteiger partial charge in [0.15, 0.2) is 5.96 Å². The van der Waals surface area contributed by atoms with E-state index >= 15 is 0 Å². The number of hydrogen-bond acceptors (Lipinski definition) is 2. The largest absolute Gasteiger partial charge is 0.340 e. The lowest BCUT2D eigenvalue weighted by molar-refractivity contribution is -0.120. The number of amides is 1. The third-order valence-electron chi connectivity index (χ3n) is 2.56. The number of nitrogens with one attached hydrogen (secondary N) is 2. The van der Waals surface area contributed by atoms with E-state index in [1.165, 1.54) is 18.2 Å². The van der Waals surface area contributed by atoms with E-state index in [2.05, 4.69) is 15.6 Å². The molecule has 4 nitrogen and oxygen atoms in total. The highest BCUT2D eigenvalue weighted by Gasteiger charge is 2.29. The molecule has 1 aromatic carbocycles. The molecule has 2 N–H and O–H groups in total. The molecule has 2 rings (SSSR count). The summed E-state index contributed by atoms with van der Waals surface area (Å²) in [7, 11) is 0. The molecule has 0 spiro atoms. The second-order valence-electron chi connectivity index (χ2n) is 3.97. The average molecular weight is 270 g/mol. The van der Waals surface area contributed by atoms with Gasteiger partial charge in [-0.05, 0) is 24.1 Å². The third-order valence-corrected chi connectivity index (χ3v) is 2.85. The Morgan fingerprint density at radius 1 is 1.50 bits per heavy atom. The fourth-order valence-electron chi connectivity index (χ4n) is 1.66. The highest BCUT2D eigenvalue weighted by molar-refractivity contribution is 6.30. The van der Waals surface area contributed by atoms with Crippen LogP contribution in [0.25, 0.3) is 0 Å². The third kappa shape index (κ3) is 2.61. The first-order valence-corrected chi connectivity index (χ1v) is 6.06. The Labute approximate surface area is 109 Å². The molecule has 1 heterocycles. The van der Waals surface area contributed by atoms with Crippen molar-refractivity contribution in [3.8, 4) is 0 Å². The van der Waals surface area contributed by atoms with Crippen LogP contribution in [0.4, 0.5) is 4.39 Å². The van der Waals surface area contributed by atoms with Crippen LogP contribution < -0.4 is 10.6 Å². The van der Waals surface area contributed by atoms with Crippen molar-refractivity contribution in [2.24, 2.45) is 4.99 Å². The molecule has 1 unspecified atom stereocenters. The van der Waals surface area contributed by atoms with Crippen LogP contribution in [0.1, 0.15) is 24.9 Å². The molecule has 1 saturated heterocycles. The van der Waals surface area contributed by atoms with Crippen molar-refractivity contribution in [1.82, 2.24) is 10.6 Å². The van der Waals surface area contributed by atoms with Crippen LogP contribution in [0.3, 0.4) is 0 Å². The van der Waals surface area contributed by atoms with E-state index in [9.17, 15) is 9.18 Å². The Hall–Kier alpha value is -1.62. The second-order valence-corrected chi connectivity index (χ2v) is 4.38. The molecule has 0 bridgehead atoms. The zero-order valence-corrected chi connectivity index (χ0v) is 10.6. The van der Waals surface area contributed by atoms with E-state index < -0.39 is 11.9 Å². The maximum Gasteiger partial charge on any atom is 0.253 e. The number of nitrogens with zero attached hydrogens (tertiary/aromatic N) is 1. The van der Waals surface area contributed by atoms with Crippen LogP contribution in [-0.4, -0.2) is 18.4 Å². The monoisotopic (exact) mass is 269 g/mol. The minimum Gasteiger partial charge on any atom is -0.340 e. The van der Waals surface area contributed by atoms with Crippen molar-refractivity contribution < 1.29 is 9.18 Å². The number of hydrogen-bond donors (Lipinski definition) is 2. The van der Waals surface area contributed by atoms with Crippen molar-refractivity contribution in [2.75, 3.05) is 6.54 Å². The van der Waals surface area contributed by atoms with Crippen LogP contribution in [0.2, 0.25) is 5.02 Å². The maximum atomic E-state index is 13.0. The maximum absolute atomic E-state index is 13.0. The van der Waals surface area contributed by atoms with Gasteiger partial charge in [0.25, 0.3) is 5.91 Å². The summed E-state index contributed by atoms with van der Waals surface area (Å²) >= 11 is 5.70. The molecule has 1 fully saturated rings. The summed E-state index contributed by atoms with van der Waals surface area (Å²) in [6, 6.07) is 3.64. The molecule has 1 aromatic rings. The molecule has 0 aromatic heterocycles. The van der Waals surface area contributed by atoms with Crippen molar-refractivity contribution in [3.05, 3.63) is 34.6 Å². The Kier molecular flexibility index (Phi) is 3.81. The number of guanidine groups is 1. The Balaban J connectivity index is 2.19. The lowest BCUT2D eigenvalue weighted by Crippen LogP contribution is -2.25. The van der Waals surface area contributed by atoms with Gasteiger partial charge in [-0.3, -0.25) is 15.1 Å². The molecule has 1 amide bonds. The lowest BCUT2D eigenvalue weighted by atomic mass is 10.1.